The van der Waals surface area contributed by atoms with Crippen molar-refractivity contribution in [2.75, 3.05) is 0 Å². The van der Waals surface area contributed by atoms with Gasteiger partial charge in [-0.15, -0.1) is 0 Å². The standard InChI is InChI=1S/C10H11NO.C4H4S/c1-9(12)11-8-7-10-5-3-2-4-6-10;1-2-4-5-3-1/h2-8H,1H3,(H,11,12);1-4H. The number of thiophene rings is 1. The van der Waals surface area contributed by atoms with Gasteiger partial charge in [-0.05, 0) is 22.4 Å². The molecule has 1 N–H and O–H groups in total. The zero-order valence-electron chi connectivity index (χ0n) is 9.67. The van der Waals surface area contributed by atoms with E-state index in [-0.39, 0.29) is 5.91 Å². The van der Waals surface area contributed by atoms with Crippen LogP contribution in [0.15, 0.2) is 59.4 Å². The van der Waals surface area contributed by atoms with E-state index in [0.29, 0.717) is 0 Å². The molecular formula is C14H15NOS. The number of rotatable bonds is 2. The van der Waals surface area contributed by atoms with Crippen LogP contribution in [0, 0.1) is 0 Å². The van der Waals surface area contributed by atoms with Crippen molar-refractivity contribution >= 4 is 23.3 Å². The molecule has 17 heavy (non-hydrogen) atoms. The molecule has 0 radical (unpaired) electrons. The summed E-state index contributed by atoms with van der Waals surface area (Å²) in [5, 5.41) is 6.66. The minimum atomic E-state index is -0.0535. The summed E-state index contributed by atoms with van der Waals surface area (Å²) in [5.41, 5.74) is 1.08. The van der Waals surface area contributed by atoms with Crippen LogP contribution in [-0.4, -0.2) is 5.91 Å². The van der Waals surface area contributed by atoms with E-state index in [9.17, 15) is 4.79 Å². The quantitative estimate of drug-likeness (QED) is 0.861. The summed E-state index contributed by atoms with van der Waals surface area (Å²) in [7, 11) is 0. The van der Waals surface area contributed by atoms with Gasteiger partial charge in [-0.25, -0.2) is 0 Å². The van der Waals surface area contributed by atoms with E-state index in [2.05, 4.69) is 5.32 Å². The molecule has 88 valence electrons. The molecule has 1 amide bonds. The largest absolute Gasteiger partial charge is 0.333 e. The van der Waals surface area contributed by atoms with Crippen LogP contribution in [0.1, 0.15) is 12.5 Å². The Morgan fingerprint density at radius 2 is 1.76 bits per heavy atom. The predicted molar refractivity (Wildman–Crippen MR) is 73.6 cm³/mol. The van der Waals surface area contributed by atoms with Gasteiger partial charge >= 0.3 is 0 Å². The minimum absolute atomic E-state index is 0.0535. The smallest absolute Gasteiger partial charge is 0.220 e. The third kappa shape index (κ3) is 7.09. The molecule has 2 aromatic rings. The number of benzene rings is 1. The lowest BCUT2D eigenvalue weighted by Gasteiger charge is -1.92. The van der Waals surface area contributed by atoms with Crippen molar-refractivity contribution in [3.63, 3.8) is 0 Å². The Morgan fingerprint density at radius 1 is 1.12 bits per heavy atom. The van der Waals surface area contributed by atoms with Gasteiger partial charge in [0, 0.05) is 13.1 Å². The van der Waals surface area contributed by atoms with Gasteiger partial charge in [0.25, 0.3) is 0 Å². The van der Waals surface area contributed by atoms with E-state index in [1.807, 2.05) is 59.3 Å². The Balaban J connectivity index is 0.000000239. The highest BCUT2D eigenvalue weighted by molar-refractivity contribution is 7.07. The van der Waals surface area contributed by atoms with E-state index in [0.717, 1.165) is 5.56 Å². The Kier molecular flexibility index (Phi) is 6.44. The van der Waals surface area contributed by atoms with Gasteiger partial charge in [-0.3, -0.25) is 4.79 Å². The first kappa shape index (κ1) is 13.2. The molecule has 0 aliphatic heterocycles. The van der Waals surface area contributed by atoms with Gasteiger partial charge in [0.1, 0.15) is 0 Å². The van der Waals surface area contributed by atoms with Crippen molar-refractivity contribution < 1.29 is 4.79 Å². The van der Waals surface area contributed by atoms with Crippen LogP contribution in [0.3, 0.4) is 0 Å². The summed E-state index contributed by atoms with van der Waals surface area (Å²) in [5.74, 6) is -0.0535. The summed E-state index contributed by atoms with van der Waals surface area (Å²) < 4.78 is 0. The van der Waals surface area contributed by atoms with E-state index in [1.165, 1.54) is 6.92 Å². The summed E-state index contributed by atoms with van der Waals surface area (Å²) in [6.45, 7) is 1.48. The lowest BCUT2D eigenvalue weighted by Crippen LogP contribution is -2.10. The van der Waals surface area contributed by atoms with Crippen molar-refractivity contribution in [2.45, 2.75) is 6.92 Å². The summed E-state index contributed by atoms with van der Waals surface area (Å²) in [6.07, 6.45) is 3.49. The maximum absolute atomic E-state index is 10.5. The number of carbonyl (C=O) groups excluding carboxylic acids is 1. The fraction of sp³-hybridized carbons (Fsp3) is 0.0714. The Morgan fingerprint density at radius 3 is 2.24 bits per heavy atom. The average Bonchev–Trinajstić information content (AvgIpc) is 2.88. The summed E-state index contributed by atoms with van der Waals surface area (Å²) in [4.78, 5) is 10.5. The van der Waals surface area contributed by atoms with Gasteiger partial charge in [0.15, 0.2) is 0 Å². The predicted octanol–water partition coefficient (Wildman–Crippen LogP) is 3.54. The van der Waals surface area contributed by atoms with Gasteiger partial charge in [0.05, 0.1) is 0 Å². The zero-order valence-corrected chi connectivity index (χ0v) is 10.5. The molecule has 0 aliphatic carbocycles. The molecule has 0 bridgehead atoms. The Labute approximate surface area is 106 Å². The molecule has 2 rings (SSSR count). The van der Waals surface area contributed by atoms with Crippen LogP contribution in [-0.2, 0) is 4.79 Å². The number of hydrogen-bond donors (Lipinski definition) is 1. The van der Waals surface area contributed by atoms with E-state index >= 15 is 0 Å². The average molecular weight is 245 g/mol. The number of hydrogen-bond acceptors (Lipinski definition) is 2. The third-order valence-corrected chi connectivity index (χ3v) is 2.42. The van der Waals surface area contributed by atoms with Crippen molar-refractivity contribution in [3.05, 3.63) is 65.0 Å². The maximum Gasteiger partial charge on any atom is 0.220 e. The van der Waals surface area contributed by atoms with E-state index < -0.39 is 0 Å². The highest BCUT2D eigenvalue weighted by Crippen LogP contribution is 1.99. The molecule has 0 saturated carbocycles. The first-order valence-electron chi connectivity index (χ1n) is 5.25. The minimum Gasteiger partial charge on any atom is -0.333 e. The van der Waals surface area contributed by atoms with Crippen LogP contribution in [0.25, 0.3) is 6.08 Å². The van der Waals surface area contributed by atoms with Gasteiger partial charge < -0.3 is 5.32 Å². The second-order valence-electron chi connectivity index (χ2n) is 3.24. The first-order chi connectivity index (χ1) is 8.29. The molecule has 0 aliphatic rings. The van der Waals surface area contributed by atoms with E-state index in [1.54, 1.807) is 17.5 Å². The van der Waals surface area contributed by atoms with Crippen molar-refractivity contribution in [3.8, 4) is 0 Å². The van der Waals surface area contributed by atoms with Crippen LogP contribution < -0.4 is 5.32 Å². The summed E-state index contributed by atoms with van der Waals surface area (Å²) >= 11 is 1.71. The molecule has 1 heterocycles. The SMILES string of the molecule is CC(=O)NC=Cc1ccccc1.c1ccsc1. The molecular weight excluding hydrogens is 230 g/mol. The lowest BCUT2D eigenvalue weighted by atomic mass is 10.2. The fourth-order valence-corrected chi connectivity index (χ4v) is 1.50. The lowest BCUT2D eigenvalue weighted by molar-refractivity contribution is -0.118. The molecule has 0 unspecified atom stereocenters. The van der Waals surface area contributed by atoms with Gasteiger partial charge in [-0.2, -0.15) is 11.3 Å². The molecule has 3 heteroatoms. The molecule has 1 aromatic heterocycles. The van der Waals surface area contributed by atoms with Crippen molar-refractivity contribution in [2.24, 2.45) is 0 Å². The van der Waals surface area contributed by atoms with Crippen LogP contribution in [0.5, 0.6) is 0 Å². The Bertz CT molecular complexity index is 417. The normalized spacial score (nSPS) is 9.47. The molecule has 0 saturated heterocycles. The molecule has 0 fully saturated rings. The van der Waals surface area contributed by atoms with Crippen molar-refractivity contribution in [1.29, 1.82) is 0 Å². The monoisotopic (exact) mass is 245 g/mol. The van der Waals surface area contributed by atoms with Crippen LogP contribution in [0.4, 0.5) is 0 Å². The highest BCUT2D eigenvalue weighted by Gasteiger charge is 1.83. The van der Waals surface area contributed by atoms with Crippen LogP contribution in [0.2, 0.25) is 0 Å². The molecule has 0 spiro atoms. The highest BCUT2D eigenvalue weighted by atomic mass is 32.1. The number of carbonyl (C=O) groups is 1. The molecule has 2 nitrogen and oxygen atoms in total. The van der Waals surface area contributed by atoms with E-state index in [4.69, 9.17) is 0 Å². The number of nitrogens with one attached hydrogen (secondary N) is 1. The molecule has 1 aromatic carbocycles. The second-order valence-corrected chi connectivity index (χ2v) is 4.05. The zero-order chi connectivity index (χ0) is 12.3. The molecule has 0 atom stereocenters. The maximum atomic E-state index is 10.5. The summed E-state index contributed by atoms with van der Waals surface area (Å²) in [6, 6.07) is 13.8. The van der Waals surface area contributed by atoms with Gasteiger partial charge in [-0.1, -0.05) is 42.5 Å². The topological polar surface area (TPSA) is 29.1 Å². The number of amides is 1. The second kappa shape index (κ2) is 8.30. The van der Waals surface area contributed by atoms with Crippen LogP contribution >= 0.6 is 11.3 Å². The fourth-order valence-electron chi connectivity index (χ4n) is 1.05. The Hall–Kier alpha value is -1.87. The first-order valence-corrected chi connectivity index (χ1v) is 6.19. The van der Waals surface area contributed by atoms with Gasteiger partial charge in [0.2, 0.25) is 5.91 Å². The van der Waals surface area contributed by atoms with Crippen molar-refractivity contribution in [1.82, 2.24) is 5.32 Å². The third-order valence-electron chi connectivity index (χ3n) is 1.79.